The van der Waals surface area contributed by atoms with Gasteiger partial charge in [-0.15, -0.1) is 0 Å². The molecular weight excluding hydrogens is 306 g/mol. The molecule has 1 aromatic rings. The van der Waals surface area contributed by atoms with Gasteiger partial charge in [0, 0.05) is 30.6 Å². The van der Waals surface area contributed by atoms with Gasteiger partial charge in [0.05, 0.1) is 0 Å². The molecule has 2 N–H and O–H groups in total. The van der Waals surface area contributed by atoms with E-state index in [2.05, 4.69) is 15.0 Å². The summed E-state index contributed by atoms with van der Waals surface area (Å²) >= 11 is 1.63. The van der Waals surface area contributed by atoms with E-state index in [4.69, 9.17) is 0 Å². The molecule has 0 saturated heterocycles. The van der Waals surface area contributed by atoms with Gasteiger partial charge in [0.25, 0.3) is 10.0 Å². The zero-order valence-electron chi connectivity index (χ0n) is 12.5. The van der Waals surface area contributed by atoms with Gasteiger partial charge >= 0.3 is 0 Å². The van der Waals surface area contributed by atoms with Crippen LogP contribution in [0.3, 0.4) is 0 Å². The van der Waals surface area contributed by atoms with Crippen molar-refractivity contribution in [2.45, 2.75) is 49.8 Å². The molecule has 0 aromatic carbocycles. The summed E-state index contributed by atoms with van der Waals surface area (Å²) in [6.45, 7) is 2.72. The molecule has 0 bridgehead atoms. The van der Waals surface area contributed by atoms with Crippen LogP contribution >= 0.6 is 11.8 Å². The van der Waals surface area contributed by atoms with Gasteiger partial charge in [-0.2, -0.15) is 11.8 Å². The number of hydrogen-bond acceptors (Lipinski definition) is 5. The maximum Gasteiger partial charge on any atom is 0.258 e. The van der Waals surface area contributed by atoms with Gasteiger partial charge in [0.15, 0.2) is 5.03 Å². The van der Waals surface area contributed by atoms with Crippen molar-refractivity contribution in [3.05, 3.63) is 23.9 Å². The molecule has 118 valence electrons. The van der Waals surface area contributed by atoms with Crippen LogP contribution in [-0.4, -0.2) is 37.5 Å². The fourth-order valence-electron chi connectivity index (χ4n) is 1.94. The van der Waals surface area contributed by atoms with E-state index in [1.54, 1.807) is 24.0 Å². The lowest BCUT2D eigenvalue weighted by atomic mass is 10.3. The quantitative estimate of drug-likeness (QED) is 0.722. The van der Waals surface area contributed by atoms with Gasteiger partial charge in [-0.05, 0) is 37.1 Å². The Bertz CT molecular complexity index is 542. The largest absolute Gasteiger partial charge is 0.310 e. The van der Waals surface area contributed by atoms with E-state index in [9.17, 15) is 8.42 Å². The normalized spacial score (nSPS) is 16.9. The molecule has 5 nitrogen and oxygen atoms in total. The highest BCUT2D eigenvalue weighted by Crippen LogP contribution is 2.19. The van der Waals surface area contributed by atoms with Crippen LogP contribution in [-0.2, 0) is 16.6 Å². The smallest absolute Gasteiger partial charge is 0.258 e. The summed E-state index contributed by atoms with van der Waals surface area (Å²) in [5, 5.41) is 3.48. The first-order valence-electron chi connectivity index (χ1n) is 7.24. The van der Waals surface area contributed by atoms with E-state index in [0.29, 0.717) is 6.04 Å². The molecule has 1 aromatic heterocycles. The molecule has 1 heterocycles. The fourth-order valence-corrected chi connectivity index (χ4v) is 4.02. The van der Waals surface area contributed by atoms with Gasteiger partial charge in [-0.25, -0.2) is 18.1 Å². The second-order valence-electron chi connectivity index (χ2n) is 5.34. The Balaban J connectivity index is 1.98. The Kier molecular flexibility index (Phi) is 6.04. The Hall–Kier alpha value is -0.630. The lowest BCUT2D eigenvalue weighted by molar-refractivity contribution is 0.554. The second-order valence-corrected chi connectivity index (χ2v) is 7.91. The first kappa shape index (κ1) is 16.7. The fraction of sp³-hybridized carbons (Fsp3) is 0.643. The van der Waals surface area contributed by atoms with Crippen LogP contribution < -0.4 is 10.0 Å². The van der Waals surface area contributed by atoms with Gasteiger partial charge in [0.1, 0.15) is 0 Å². The number of aromatic nitrogens is 1. The topological polar surface area (TPSA) is 71.1 Å². The molecule has 1 unspecified atom stereocenters. The summed E-state index contributed by atoms with van der Waals surface area (Å²) in [5.74, 6) is 0.763. The number of hydrogen-bond donors (Lipinski definition) is 2. The van der Waals surface area contributed by atoms with Crippen LogP contribution in [0.15, 0.2) is 23.4 Å². The van der Waals surface area contributed by atoms with Gasteiger partial charge in [0.2, 0.25) is 0 Å². The highest BCUT2D eigenvalue weighted by Gasteiger charge is 2.21. The van der Waals surface area contributed by atoms with E-state index in [1.807, 2.05) is 19.2 Å². The lowest BCUT2D eigenvalue weighted by Gasteiger charge is -2.15. The molecule has 7 heteroatoms. The predicted octanol–water partition coefficient (Wildman–Crippen LogP) is 1.75. The van der Waals surface area contributed by atoms with E-state index in [0.717, 1.165) is 24.3 Å². The Labute approximate surface area is 131 Å². The third kappa shape index (κ3) is 5.25. The Morgan fingerprint density at radius 1 is 1.43 bits per heavy atom. The summed E-state index contributed by atoms with van der Waals surface area (Å²) in [4.78, 5) is 4.10. The monoisotopic (exact) mass is 329 g/mol. The van der Waals surface area contributed by atoms with Crippen LogP contribution in [0.25, 0.3) is 0 Å². The van der Waals surface area contributed by atoms with Gasteiger partial charge in [-0.1, -0.05) is 13.0 Å². The van der Waals surface area contributed by atoms with Crippen molar-refractivity contribution in [1.82, 2.24) is 15.0 Å². The van der Waals surface area contributed by atoms with Crippen LogP contribution in [0.4, 0.5) is 0 Å². The third-order valence-electron chi connectivity index (χ3n) is 3.43. The molecule has 0 radical (unpaired) electrons. The first-order chi connectivity index (χ1) is 10.0. The van der Waals surface area contributed by atoms with E-state index >= 15 is 0 Å². The minimum atomic E-state index is -3.52. The average molecular weight is 329 g/mol. The number of rotatable bonds is 9. The van der Waals surface area contributed by atoms with Crippen molar-refractivity contribution in [1.29, 1.82) is 0 Å². The molecule has 1 atom stereocenters. The van der Waals surface area contributed by atoms with Crippen molar-refractivity contribution in [2.75, 3.05) is 12.0 Å². The minimum absolute atomic E-state index is 0.0528. The number of pyridine rings is 1. The van der Waals surface area contributed by atoms with E-state index in [1.165, 1.54) is 12.8 Å². The summed E-state index contributed by atoms with van der Waals surface area (Å²) in [6.07, 6.45) is 6.84. The average Bonchev–Trinajstić information content (AvgIpc) is 3.29. The Morgan fingerprint density at radius 2 is 2.19 bits per heavy atom. The zero-order chi connectivity index (χ0) is 15.3. The zero-order valence-corrected chi connectivity index (χ0v) is 14.1. The highest BCUT2D eigenvalue weighted by atomic mass is 32.2. The molecule has 1 saturated carbocycles. The summed E-state index contributed by atoms with van der Waals surface area (Å²) in [7, 11) is -3.52. The molecule has 0 aliphatic heterocycles. The van der Waals surface area contributed by atoms with Crippen molar-refractivity contribution in [3.8, 4) is 0 Å². The highest BCUT2D eigenvalue weighted by molar-refractivity contribution is 7.98. The van der Waals surface area contributed by atoms with E-state index < -0.39 is 10.0 Å². The predicted molar refractivity (Wildman–Crippen MR) is 86.9 cm³/mol. The summed E-state index contributed by atoms with van der Waals surface area (Å²) in [6, 6.07) is 3.99. The number of sulfonamides is 1. The molecule has 1 aliphatic carbocycles. The lowest BCUT2D eigenvalue weighted by Crippen LogP contribution is -2.36. The standard InChI is InChI=1S/C14H23N3O2S2/c1-3-12(10-20-2)17-21(18,19)14-7-4-11(9-16-14)8-15-13-5-6-13/h4,7,9,12-13,15,17H,3,5-6,8,10H2,1-2H3. The molecule has 0 amide bonds. The van der Waals surface area contributed by atoms with Crippen molar-refractivity contribution >= 4 is 21.8 Å². The molecular formula is C14H23N3O2S2. The summed E-state index contributed by atoms with van der Waals surface area (Å²) < 4.78 is 27.2. The van der Waals surface area contributed by atoms with Gasteiger partial charge in [-0.3, -0.25) is 0 Å². The SMILES string of the molecule is CCC(CSC)NS(=O)(=O)c1ccc(CNC2CC2)cn1. The summed E-state index contributed by atoms with van der Waals surface area (Å²) in [5.41, 5.74) is 1.01. The number of nitrogens with one attached hydrogen (secondary N) is 2. The van der Waals surface area contributed by atoms with Crippen LogP contribution in [0.5, 0.6) is 0 Å². The molecule has 2 rings (SSSR count). The molecule has 1 aliphatic rings. The Morgan fingerprint density at radius 3 is 2.71 bits per heavy atom. The van der Waals surface area contributed by atoms with Crippen LogP contribution in [0.2, 0.25) is 0 Å². The van der Waals surface area contributed by atoms with Crippen LogP contribution in [0.1, 0.15) is 31.7 Å². The van der Waals surface area contributed by atoms with Crippen molar-refractivity contribution < 1.29 is 8.42 Å². The second kappa shape index (κ2) is 7.58. The van der Waals surface area contributed by atoms with Crippen molar-refractivity contribution in [3.63, 3.8) is 0 Å². The first-order valence-corrected chi connectivity index (χ1v) is 10.1. The maximum atomic E-state index is 12.3. The van der Waals surface area contributed by atoms with Crippen LogP contribution in [0, 0.1) is 0 Å². The molecule has 21 heavy (non-hydrogen) atoms. The third-order valence-corrected chi connectivity index (χ3v) is 5.60. The van der Waals surface area contributed by atoms with Crippen molar-refractivity contribution in [2.24, 2.45) is 0 Å². The number of nitrogens with zero attached hydrogens (tertiary/aromatic N) is 1. The number of thioether (sulfide) groups is 1. The van der Waals surface area contributed by atoms with Gasteiger partial charge < -0.3 is 5.32 Å². The maximum absolute atomic E-state index is 12.3. The van der Waals surface area contributed by atoms with E-state index in [-0.39, 0.29) is 11.1 Å². The molecule has 0 spiro atoms. The molecule has 1 fully saturated rings. The minimum Gasteiger partial charge on any atom is -0.310 e.